The van der Waals surface area contributed by atoms with Crippen LogP contribution in [0, 0.1) is 0 Å². The SMILES string of the molecule is O=C(CSc1nc2ccccc2o1)NN(Cc1ccccc1)Cc1ccccc1. The van der Waals surface area contributed by atoms with Crippen LogP contribution in [0.1, 0.15) is 11.1 Å². The van der Waals surface area contributed by atoms with E-state index in [9.17, 15) is 4.79 Å². The van der Waals surface area contributed by atoms with E-state index in [-0.39, 0.29) is 11.7 Å². The highest BCUT2D eigenvalue weighted by Crippen LogP contribution is 2.22. The van der Waals surface area contributed by atoms with Gasteiger partial charge in [-0.1, -0.05) is 84.6 Å². The Morgan fingerprint density at radius 1 is 0.862 bits per heavy atom. The average molecular weight is 404 g/mol. The number of rotatable bonds is 8. The Bertz CT molecular complexity index is 993. The fourth-order valence-corrected chi connectivity index (χ4v) is 3.62. The van der Waals surface area contributed by atoms with Gasteiger partial charge in [-0.05, 0) is 23.3 Å². The summed E-state index contributed by atoms with van der Waals surface area (Å²) >= 11 is 1.29. The fraction of sp³-hybridized carbons (Fsp3) is 0.130. The molecule has 0 saturated carbocycles. The maximum atomic E-state index is 12.6. The summed E-state index contributed by atoms with van der Waals surface area (Å²) in [5.41, 5.74) is 6.81. The molecule has 3 aromatic carbocycles. The lowest BCUT2D eigenvalue weighted by Gasteiger charge is -2.23. The monoisotopic (exact) mass is 403 g/mol. The largest absolute Gasteiger partial charge is 0.431 e. The van der Waals surface area contributed by atoms with Crippen LogP contribution in [-0.2, 0) is 17.9 Å². The molecule has 5 nitrogen and oxygen atoms in total. The van der Waals surface area contributed by atoms with Gasteiger partial charge in [-0.2, -0.15) is 0 Å². The summed E-state index contributed by atoms with van der Waals surface area (Å²) < 4.78 is 5.67. The third-order valence-corrected chi connectivity index (χ3v) is 5.14. The van der Waals surface area contributed by atoms with Crippen LogP contribution in [0.3, 0.4) is 0 Å². The number of fused-ring (bicyclic) bond motifs is 1. The zero-order valence-electron chi connectivity index (χ0n) is 15.8. The molecule has 0 saturated heterocycles. The first-order chi connectivity index (χ1) is 14.3. The standard InChI is InChI=1S/C23H21N3O2S/c27-22(17-29-23-24-20-13-7-8-14-21(20)28-23)25-26(15-18-9-3-1-4-10-18)16-19-11-5-2-6-12-19/h1-14H,15-17H2,(H,25,27). The quantitative estimate of drug-likeness (QED) is 0.343. The van der Waals surface area contributed by atoms with Crippen molar-refractivity contribution in [2.75, 3.05) is 5.75 Å². The Kier molecular flexibility index (Phi) is 6.24. The van der Waals surface area contributed by atoms with Gasteiger partial charge in [-0.25, -0.2) is 9.99 Å². The molecular formula is C23H21N3O2S. The van der Waals surface area contributed by atoms with E-state index in [1.807, 2.05) is 65.7 Å². The molecule has 0 radical (unpaired) electrons. The van der Waals surface area contributed by atoms with Crippen molar-refractivity contribution in [3.05, 3.63) is 96.1 Å². The highest BCUT2D eigenvalue weighted by Gasteiger charge is 2.13. The molecule has 0 aliphatic carbocycles. The highest BCUT2D eigenvalue weighted by atomic mass is 32.2. The molecule has 1 N–H and O–H groups in total. The number of oxazole rings is 1. The van der Waals surface area contributed by atoms with Crippen LogP contribution in [0.5, 0.6) is 0 Å². The predicted molar refractivity (Wildman–Crippen MR) is 115 cm³/mol. The van der Waals surface area contributed by atoms with E-state index in [0.717, 1.165) is 22.2 Å². The summed E-state index contributed by atoms with van der Waals surface area (Å²) in [6, 6.07) is 27.8. The van der Waals surface area contributed by atoms with Gasteiger partial charge in [0.15, 0.2) is 5.58 Å². The number of hydrogen-bond acceptors (Lipinski definition) is 5. The minimum Gasteiger partial charge on any atom is -0.431 e. The van der Waals surface area contributed by atoms with Crippen LogP contribution in [0.15, 0.2) is 94.6 Å². The van der Waals surface area contributed by atoms with Crippen molar-refractivity contribution < 1.29 is 9.21 Å². The van der Waals surface area contributed by atoms with Gasteiger partial charge in [0.2, 0.25) is 5.91 Å². The first-order valence-electron chi connectivity index (χ1n) is 9.37. The highest BCUT2D eigenvalue weighted by molar-refractivity contribution is 7.99. The normalized spacial score (nSPS) is 11.1. The van der Waals surface area contributed by atoms with Crippen molar-refractivity contribution in [1.82, 2.24) is 15.4 Å². The van der Waals surface area contributed by atoms with Crippen LogP contribution in [0.2, 0.25) is 0 Å². The predicted octanol–water partition coefficient (Wildman–Crippen LogP) is 4.65. The van der Waals surface area contributed by atoms with Crippen LogP contribution in [-0.4, -0.2) is 21.7 Å². The van der Waals surface area contributed by atoms with Crippen molar-refractivity contribution in [3.63, 3.8) is 0 Å². The number of carbonyl (C=O) groups is 1. The van der Waals surface area contributed by atoms with Gasteiger partial charge in [0.1, 0.15) is 5.52 Å². The molecule has 0 aliphatic rings. The van der Waals surface area contributed by atoms with E-state index in [2.05, 4.69) is 34.7 Å². The molecule has 0 unspecified atom stereocenters. The Labute approximate surface area is 173 Å². The first kappa shape index (κ1) is 19.2. The molecule has 1 heterocycles. The number of nitrogens with one attached hydrogen (secondary N) is 1. The Balaban J connectivity index is 1.39. The Morgan fingerprint density at radius 3 is 2.07 bits per heavy atom. The summed E-state index contributed by atoms with van der Waals surface area (Å²) in [6.07, 6.45) is 0. The number of hydrazine groups is 1. The van der Waals surface area contributed by atoms with Gasteiger partial charge in [0.05, 0.1) is 5.75 Å². The van der Waals surface area contributed by atoms with Gasteiger partial charge in [-0.3, -0.25) is 10.2 Å². The minimum atomic E-state index is -0.0934. The van der Waals surface area contributed by atoms with Crippen molar-refractivity contribution in [1.29, 1.82) is 0 Å². The van der Waals surface area contributed by atoms with Gasteiger partial charge in [0.25, 0.3) is 5.22 Å². The lowest BCUT2D eigenvalue weighted by atomic mass is 10.2. The maximum Gasteiger partial charge on any atom is 0.257 e. The second-order valence-electron chi connectivity index (χ2n) is 6.60. The Hall–Kier alpha value is -3.09. The molecule has 0 aliphatic heterocycles. The summed E-state index contributed by atoms with van der Waals surface area (Å²) in [6.45, 7) is 1.24. The average Bonchev–Trinajstić information content (AvgIpc) is 3.17. The van der Waals surface area contributed by atoms with E-state index in [1.54, 1.807) is 0 Å². The summed E-state index contributed by atoms with van der Waals surface area (Å²) in [4.78, 5) is 17.0. The molecule has 0 fully saturated rings. The molecule has 0 atom stereocenters. The van der Waals surface area contributed by atoms with E-state index in [4.69, 9.17) is 4.42 Å². The topological polar surface area (TPSA) is 58.4 Å². The molecule has 1 amide bonds. The molecule has 0 spiro atoms. The minimum absolute atomic E-state index is 0.0934. The van der Waals surface area contributed by atoms with Crippen LogP contribution >= 0.6 is 11.8 Å². The van der Waals surface area contributed by atoms with E-state index in [0.29, 0.717) is 18.3 Å². The summed E-state index contributed by atoms with van der Waals surface area (Å²) in [5.74, 6) is 0.136. The molecule has 1 aromatic heterocycles. The zero-order valence-corrected chi connectivity index (χ0v) is 16.6. The fourth-order valence-electron chi connectivity index (χ4n) is 2.99. The van der Waals surface area contributed by atoms with Crippen LogP contribution < -0.4 is 5.43 Å². The second kappa shape index (κ2) is 9.41. The number of hydrogen-bond donors (Lipinski definition) is 1. The smallest absolute Gasteiger partial charge is 0.257 e. The number of nitrogens with zero attached hydrogens (tertiary/aromatic N) is 2. The molecule has 6 heteroatoms. The lowest BCUT2D eigenvalue weighted by molar-refractivity contribution is -0.123. The van der Waals surface area contributed by atoms with Gasteiger partial charge in [0, 0.05) is 13.1 Å². The van der Waals surface area contributed by atoms with Crippen molar-refractivity contribution in [2.45, 2.75) is 18.3 Å². The molecule has 4 aromatic rings. The lowest BCUT2D eigenvalue weighted by Crippen LogP contribution is -2.42. The summed E-state index contributed by atoms with van der Waals surface area (Å²) in [5, 5.41) is 2.43. The van der Waals surface area contributed by atoms with Crippen molar-refractivity contribution in [2.24, 2.45) is 0 Å². The van der Waals surface area contributed by atoms with Gasteiger partial charge in [-0.15, -0.1) is 0 Å². The van der Waals surface area contributed by atoms with E-state index in [1.165, 1.54) is 11.8 Å². The third kappa shape index (κ3) is 5.47. The number of thioether (sulfide) groups is 1. The Morgan fingerprint density at radius 2 is 1.45 bits per heavy atom. The molecule has 146 valence electrons. The second-order valence-corrected chi connectivity index (χ2v) is 7.53. The summed E-state index contributed by atoms with van der Waals surface area (Å²) in [7, 11) is 0. The maximum absolute atomic E-state index is 12.6. The molecule has 4 rings (SSSR count). The van der Waals surface area contributed by atoms with Crippen molar-refractivity contribution >= 4 is 28.8 Å². The number of amides is 1. The first-order valence-corrected chi connectivity index (χ1v) is 10.4. The van der Waals surface area contributed by atoms with Crippen LogP contribution in [0.25, 0.3) is 11.1 Å². The van der Waals surface area contributed by atoms with Crippen molar-refractivity contribution in [3.8, 4) is 0 Å². The number of para-hydroxylation sites is 2. The van der Waals surface area contributed by atoms with Crippen LogP contribution in [0.4, 0.5) is 0 Å². The van der Waals surface area contributed by atoms with E-state index >= 15 is 0 Å². The molecular weight excluding hydrogens is 382 g/mol. The van der Waals surface area contributed by atoms with Gasteiger partial charge < -0.3 is 4.42 Å². The number of aromatic nitrogens is 1. The number of benzene rings is 3. The molecule has 0 bridgehead atoms. The molecule has 29 heavy (non-hydrogen) atoms. The third-order valence-electron chi connectivity index (χ3n) is 4.32. The number of carbonyl (C=O) groups excluding carboxylic acids is 1. The zero-order chi connectivity index (χ0) is 19.9. The van der Waals surface area contributed by atoms with Gasteiger partial charge >= 0.3 is 0 Å². The van der Waals surface area contributed by atoms with E-state index < -0.39 is 0 Å².